The first-order chi connectivity index (χ1) is 6.72. The second kappa shape index (κ2) is 4.58. The van der Waals surface area contributed by atoms with Crippen LogP contribution in [-0.2, 0) is 0 Å². The van der Waals surface area contributed by atoms with Gasteiger partial charge in [-0.2, -0.15) is 13.2 Å². The number of hydrogen-bond donors (Lipinski definition) is 0. The Morgan fingerprint density at radius 1 is 1.00 bits per heavy atom. The van der Waals surface area contributed by atoms with Crippen molar-refractivity contribution in [1.29, 1.82) is 0 Å². The minimum atomic E-state index is -4.66. The molecule has 0 aliphatic carbocycles. The van der Waals surface area contributed by atoms with Crippen LogP contribution in [0.4, 0.5) is 22.0 Å². The van der Waals surface area contributed by atoms with Crippen LogP contribution < -0.4 is 0 Å². The van der Waals surface area contributed by atoms with Crippen molar-refractivity contribution in [2.45, 2.75) is 10.4 Å². The summed E-state index contributed by atoms with van der Waals surface area (Å²) in [5.41, 5.74) is -4.66. The van der Waals surface area contributed by atoms with Gasteiger partial charge in [0.25, 0.3) is 0 Å². The van der Waals surface area contributed by atoms with E-state index in [1.165, 1.54) is 0 Å². The van der Waals surface area contributed by atoms with Crippen molar-refractivity contribution < 1.29 is 22.0 Å². The summed E-state index contributed by atoms with van der Waals surface area (Å²) in [6.45, 7) is 0. The maximum atomic E-state index is 13.1. The van der Waals surface area contributed by atoms with Crippen LogP contribution in [0.3, 0.4) is 0 Å². The Balaban J connectivity index is 3.24. The highest BCUT2D eigenvalue weighted by Crippen LogP contribution is 2.43. The molecule has 0 saturated carbocycles. The summed E-state index contributed by atoms with van der Waals surface area (Å²) in [5.74, 6) is -2.87. The van der Waals surface area contributed by atoms with Crippen LogP contribution in [0.25, 0.3) is 0 Å². The molecule has 0 aromatic heterocycles. The number of rotatable bonds is 1. The van der Waals surface area contributed by atoms with Gasteiger partial charge in [0.1, 0.15) is 0 Å². The van der Waals surface area contributed by atoms with Gasteiger partial charge in [0, 0.05) is 4.47 Å². The molecule has 0 fully saturated rings. The number of halogens is 7. The van der Waals surface area contributed by atoms with E-state index in [1.807, 2.05) is 0 Å². The third-order valence-electron chi connectivity index (χ3n) is 1.29. The van der Waals surface area contributed by atoms with E-state index in [1.54, 1.807) is 0 Å². The van der Waals surface area contributed by atoms with Crippen LogP contribution in [0.15, 0.2) is 19.9 Å². The molecule has 0 saturated heterocycles. The minimum Gasteiger partial charge on any atom is -0.202 e. The van der Waals surface area contributed by atoms with Crippen LogP contribution in [0.2, 0.25) is 0 Å². The normalized spacial score (nSPS) is 11.9. The second-order valence-electron chi connectivity index (χ2n) is 2.35. The van der Waals surface area contributed by atoms with Crippen molar-refractivity contribution in [2.24, 2.45) is 0 Å². The van der Waals surface area contributed by atoms with E-state index in [9.17, 15) is 22.0 Å². The molecule has 1 aromatic carbocycles. The summed E-state index contributed by atoms with van der Waals surface area (Å²) in [4.78, 5) is -0.816. The predicted octanol–water partition coefficient (Wildman–Crippen LogP) is 5.10. The van der Waals surface area contributed by atoms with Gasteiger partial charge in [0.2, 0.25) is 0 Å². The lowest BCUT2D eigenvalue weighted by Crippen LogP contribution is -2.02. The van der Waals surface area contributed by atoms with Crippen molar-refractivity contribution >= 4 is 43.6 Å². The highest BCUT2D eigenvalue weighted by molar-refractivity contribution is 9.11. The van der Waals surface area contributed by atoms with Crippen LogP contribution in [0.5, 0.6) is 0 Å². The average molecular weight is 372 g/mol. The third-order valence-corrected chi connectivity index (χ3v) is 3.59. The molecule has 0 atom stereocenters. The molecule has 0 heterocycles. The van der Waals surface area contributed by atoms with E-state index in [0.717, 1.165) is 6.07 Å². The molecule has 0 bridgehead atoms. The zero-order valence-electron chi connectivity index (χ0n) is 6.63. The molecule has 8 heteroatoms. The second-order valence-corrected chi connectivity index (χ2v) is 5.13. The van der Waals surface area contributed by atoms with Crippen molar-refractivity contribution in [1.82, 2.24) is 0 Å². The summed E-state index contributed by atoms with van der Waals surface area (Å²) >= 11 is 4.70. The van der Waals surface area contributed by atoms with Gasteiger partial charge in [0.05, 0.1) is 9.37 Å². The first-order valence-electron chi connectivity index (χ1n) is 3.31. The van der Waals surface area contributed by atoms with Gasteiger partial charge >= 0.3 is 5.51 Å². The lowest BCUT2D eigenvalue weighted by atomic mass is 10.3. The lowest BCUT2D eigenvalue weighted by Gasteiger charge is -2.09. The summed E-state index contributed by atoms with van der Waals surface area (Å²) in [6.07, 6.45) is 0. The van der Waals surface area contributed by atoms with E-state index in [4.69, 9.17) is 0 Å². The maximum absolute atomic E-state index is 13.1. The Bertz CT molecular complexity index is 390. The number of hydrogen-bond acceptors (Lipinski definition) is 1. The highest BCUT2D eigenvalue weighted by Gasteiger charge is 2.33. The standard InChI is InChI=1S/C7HBr2F5S/c8-2-1-3(9)6(5(11)4(2)10)15-7(12,13)14/h1H. The van der Waals surface area contributed by atoms with E-state index < -0.39 is 33.8 Å². The van der Waals surface area contributed by atoms with E-state index in [2.05, 4.69) is 31.9 Å². The van der Waals surface area contributed by atoms with Crippen molar-refractivity contribution in [3.63, 3.8) is 0 Å². The first kappa shape index (κ1) is 13.2. The van der Waals surface area contributed by atoms with E-state index >= 15 is 0 Å². The van der Waals surface area contributed by atoms with Gasteiger partial charge in [-0.25, -0.2) is 8.78 Å². The predicted molar refractivity (Wildman–Crippen MR) is 53.7 cm³/mol. The van der Waals surface area contributed by atoms with E-state index in [-0.39, 0.29) is 8.95 Å². The molecule has 0 unspecified atom stereocenters. The van der Waals surface area contributed by atoms with Gasteiger partial charge in [-0.1, -0.05) is 0 Å². The highest BCUT2D eigenvalue weighted by atomic mass is 79.9. The van der Waals surface area contributed by atoms with Gasteiger partial charge in [-0.15, -0.1) is 0 Å². The molecular formula is C7HBr2F5S. The molecule has 0 aliphatic heterocycles. The molecule has 1 aromatic rings. The lowest BCUT2D eigenvalue weighted by molar-refractivity contribution is -0.0329. The average Bonchev–Trinajstić information content (AvgIpc) is 2.07. The summed E-state index contributed by atoms with van der Waals surface area (Å²) in [6, 6.07) is 1.02. The van der Waals surface area contributed by atoms with Gasteiger partial charge in [0.15, 0.2) is 11.6 Å². The Labute approximate surface area is 102 Å². The third kappa shape index (κ3) is 3.32. The molecule has 1 rings (SSSR count). The monoisotopic (exact) mass is 370 g/mol. The Morgan fingerprint density at radius 2 is 1.53 bits per heavy atom. The van der Waals surface area contributed by atoms with Crippen LogP contribution in [0.1, 0.15) is 0 Å². The summed E-state index contributed by atoms with van der Waals surface area (Å²) < 4.78 is 61.6. The van der Waals surface area contributed by atoms with Gasteiger partial charge < -0.3 is 0 Å². The zero-order valence-corrected chi connectivity index (χ0v) is 10.6. The van der Waals surface area contributed by atoms with Crippen molar-refractivity contribution in [2.75, 3.05) is 0 Å². The van der Waals surface area contributed by atoms with Crippen LogP contribution >= 0.6 is 43.6 Å². The van der Waals surface area contributed by atoms with Crippen LogP contribution in [-0.4, -0.2) is 5.51 Å². The molecule has 0 aliphatic rings. The van der Waals surface area contributed by atoms with Gasteiger partial charge in [-0.05, 0) is 49.7 Å². The fourth-order valence-electron chi connectivity index (χ4n) is 0.759. The zero-order chi connectivity index (χ0) is 11.8. The molecule has 15 heavy (non-hydrogen) atoms. The number of alkyl halides is 3. The number of benzene rings is 1. The topological polar surface area (TPSA) is 0 Å². The van der Waals surface area contributed by atoms with Crippen molar-refractivity contribution in [3.8, 4) is 0 Å². The molecule has 0 radical (unpaired) electrons. The quantitative estimate of drug-likeness (QED) is 0.286. The molecule has 0 nitrogen and oxygen atoms in total. The maximum Gasteiger partial charge on any atom is 0.446 e. The molecule has 0 amide bonds. The molecule has 0 N–H and O–H groups in total. The van der Waals surface area contributed by atoms with Crippen LogP contribution in [0, 0.1) is 11.6 Å². The fourth-order valence-corrected chi connectivity index (χ4v) is 2.68. The smallest absolute Gasteiger partial charge is 0.202 e. The largest absolute Gasteiger partial charge is 0.446 e. The SMILES string of the molecule is Fc1c(Br)cc(Br)c(SC(F)(F)F)c1F. The summed E-state index contributed by atoms with van der Waals surface area (Å²) in [7, 11) is 0. The Kier molecular flexibility index (Phi) is 4.05. The fraction of sp³-hybridized carbons (Fsp3) is 0.143. The van der Waals surface area contributed by atoms with Crippen molar-refractivity contribution in [3.05, 3.63) is 26.6 Å². The Morgan fingerprint density at radius 3 is 2.00 bits per heavy atom. The number of thioether (sulfide) groups is 1. The van der Waals surface area contributed by atoms with Gasteiger partial charge in [-0.3, -0.25) is 0 Å². The van der Waals surface area contributed by atoms with E-state index in [0.29, 0.717) is 0 Å². The first-order valence-corrected chi connectivity index (χ1v) is 5.71. The molecular weight excluding hydrogens is 371 g/mol. The molecule has 0 spiro atoms. The molecule has 84 valence electrons. The minimum absolute atomic E-state index is 0.157. The Hall–Kier alpha value is 0.180. The summed E-state index contributed by atoms with van der Waals surface area (Å²) in [5, 5.41) is 0.